The average molecular weight is 339 g/mol. The van der Waals surface area contributed by atoms with Gasteiger partial charge < -0.3 is 15.9 Å². The fourth-order valence-corrected chi connectivity index (χ4v) is 2.59. The van der Waals surface area contributed by atoms with Crippen LogP contribution in [0.15, 0.2) is 30.3 Å². The van der Waals surface area contributed by atoms with Crippen LogP contribution in [0.3, 0.4) is 0 Å². The fraction of sp³-hybridized carbons (Fsp3) is 0.353. The normalized spacial score (nSPS) is 14.6. The van der Waals surface area contributed by atoms with Crippen molar-refractivity contribution < 1.29 is 14.6 Å². The second-order valence-corrected chi connectivity index (χ2v) is 6.64. The van der Waals surface area contributed by atoms with Gasteiger partial charge in [-0.15, -0.1) is 0 Å². The van der Waals surface area contributed by atoms with Gasteiger partial charge in [-0.3, -0.25) is 0 Å². The van der Waals surface area contributed by atoms with Crippen molar-refractivity contribution in [1.82, 2.24) is 4.98 Å². The van der Waals surface area contributed by atoms with Crippen LogP contribution < -0.4 is 5.73 Å². The molecule has 2 aromatic rings. The van der Waals surface area contributed by atoms with Crippen molar-refractivity contribution in [3.8, 4) is 11.3 Å². The van der Waals surface area contributed by atoms with Gasteiger partial charge in [-0.05, 0) is 51.1 Å². The second-order valence-electron chi connectivity index (χ2n) is 6.26. The summed E-state index contributed by atoms with van der Waals surface area (Å²) >= 11 is 6.40. The Kier molecular flexibility index (Phi) is 4.78. The lowest BCUT2D eigenvalue weighted by atomic mass is 9.92. The maximum absolute atomic E-state index is 13.1. The van der Waals surface area contributed by atoms with E-state index in [4.69, 9.17) is 17.3 Å². The summed E-state index contributed by atoms with van der Waals surface area (Å²) in [7, 11) is 0. The molecule has 0 radical (unpaired) electrons. The lowest BCUT2D eigenvalue weighted by Gasteiger charge is -2.26. The number of hydrogen-bond donors (Lipinski definition) is 3. The highest BCUT2D eigenvalue weighted by molar-refractivity contribution is 6.34. The van der Waals surface area contributed by atoms with Crippen molar-refractivity contribution in [3.63, 3.8) is 0 Å². The molecule has 0 spiro atoms. The zero-order chi connectivity index (χ0) is 17.4. The smallest absolute Gasteiger partial charge is 0.123 e. The number of pyridine rings is 1. The monoisotopic (exact) mass is 338 g/mol. The van der Waals surface area contributed by atoms with Crippen molar-refractivity contribution in [1.29, 1.82) is 0 Å². The molecule has 0 aliphatic carbocycles. The van der Waals surface area contributed by atoms with E-state index < -0.39 is 11.2 Å². The van der Waals surface area contributed by atoms with E-state index in [1.54, 1.807) is 32.0 Å². The quantitative estimate of drug-likeness (QED) is 0.800. The van der Waals surface area contributed by atoms with Crippen molar-refractivity contribution in [2.24, 2.45) is 5.73 Å². The molecule has 6 heteroatoms. The van der Waals surface area contributed by atoms with E-state index in [9.17, 15) is 14.6 Å². The Labute approximate surface area is 139 Å². The topological polar surface area (TPSA) is 79.4 Å². The van der Waals surface area contributed by atoms with E-state index in [0.717, 1.165) is 0 Å². The first-order valence-electron chi connectivity index (χ1n) is 7.18. The molecule has 0 aliphatic heterocycles. The molecule has 4 nitrogen and oxygen atoms in total. The number of halogens is 2. The summed E-state index contributed by atoms with van der Waals surface area (Å²) in [4.78, 5) is 4.39. The zero-order valence-electron chi connectivity index (χ0n) is 13.3. The minimum absolute atomic E-state index is 0.0458. The van der Waals surface area contributed by atoms with Crippen molar-refractivity contribution >= 4 is 11.6 Å². The van der Waals surface area contributed by atoms with Gasteiger partial charge in [-0.25, -0.2) is 9.37 Å². The van der Waals surface area contributed by atoms with Crippen LogP contribution in [0.5, 0.6) is 0 Å². The summed E-state index contributed by atoms with van der Waals surface area (Å²) in [5.74, 6) is -0.377. The number of nitrogens with two attached hydrogens (primary N) is 1. The van der Waals surface area contributed by atoms with Crippen LogP contribution in [0.2, 0.25) is 5.02 Å². The summed E-state index contributed by atoms with van der Waals surface area (Å²) in [6.45, 7) is 4.66. The van der Waals surface area contributed by atoms with Gasteiger partial charge in [0.1, 0.15) is 11.4 Å². The van der Waals surface area contributed by atoms with Gasteiger partial charge in [0.25, 0.3) is 0 Å². The maximum Gasteiger partial charge on any atom is 0.123 e. The predicted molar refractivity (Wildman–Crippen MR) is 88.5 cm³/mol. The van der Waals surface area contributed by atoms with E-state index in [1.165, 1.54) is 19.1 Å². The second kappa shape index (κ2) is 6.17. The standard InChI is InChI=1S/C17H20ClFN2O2/c1-16(2,22)12-8-13(17(3,23)9-20)21-15(14(12)18)10-4-6-11(19)7-5-10/h4-8,22-23H,9,20H2,1-3H3/t17-/m0/s1. The van der Waals surface area contributed by atoms with E-state index in [-0.39, 0.29) is 17.4 Å². The molecule has 1 aromatic carbocycles. The molecule has 1 aromatic heterocycles. The molecule has 1 atom stereocenters. The summed E-state index contributed by atoms with van der Waals surface area (Å²) in [6.07, 6.45) is 0. The highest BCUT2D eigenvalue weighted by atomic mass is 35.5. The third-order valence-electron chi connectivity index (χ3n) is 3.68. The van der Waals surface area contributed by atoms with E-state index in [2.05, 4.69) is 4.98 Å². The minimum atomic E-state index is -1.38. The molecule has 0 amide bonds. The minimum Gasteiger partial charge on any atom is -0.386 e. The molecule has 124 valence electrons. The van der Waals surface area contributed by atoms with Crippen LogP contribution in [0.25, 0.3) is 11.3 Å². The lowest BCUT2D eigenvalue weighted by Crippen LogP contribution is -2.33. The number of aromatic nitrogens is 1. The Morgan fingerprint density at radius 3 is 2.22 bits per heavy atom. The van der Waals surface area contributed by atoms with Gasteiger partial charge in [-0.2, -0.15) is 0 Å². The molecule has 23 heavy (non-hydrogen) atoms. The highest BCUT2D eigenvalue weighted by Gasteiger charge is 2.30. The maximum atomic E-state index is 13.1. The number of benzene rings is 1. The lowest BCUT2D eigenvalue weighted by molar-refractivity contribution is 0.0595. The molecule has 0 saturated heterocycles. The van der Waals surface area contributed by atoms with Crippen LogP contribution in [-0.4, -0.2) is 21.7 Å². The number of nitrogens with zero attached hydrogens (tertiary/aromatic N) is 1. The summed E-state index contributed by atoms with van der Waals surface area (Å²) in [5.41, 5.74) is 4.63. The van der Waals surface area contributed by atoms with Crippen LogP contribution in [0.1, 0.15) is 32.0 Å². The first kappa shape index (κ1) is 17.8. The third kappa shape index (κ3) is 3.70. The molecule has 4 N–H and O–H groups in total. The molecule has 0 saturated carbocycles. The first-order valence-corrected chi connectivity index (χ1v) is 7.56. The Bertz CT molecular complexity index is 710. The van der Waals surface area contributed by atoms with Gasteiger partial charge in [0.15, 0.2) is 0 Å². The number of rotatable bonds is 4. The van der Waals surface area contributed by atoms with Crippen LogP contribution in [0, 0.1) is 5.82 Å². The third-order valence-corrected chi connectivity index (χ3v) is 4.07. The van der Waals surface area contributed by atoms with Gasteiger partial charge in [0.2, 0.25) is 0 Å². The van der Waals surface area contributed by atoms with E-state index in [1.807, 2.05) is 0 Å². The summed E-state index contributed by atoms with van der Waals surface area (Å²) in [5, 5.41) is 21.0. The largest absolute Gasteiger partial charge is 0.386 e. The van der Waals surface area contributed by atoms with Crippen LogP contribution in [-0.2, 0) is 11.2 Å². The Morgan fingerprint density at radius 1 is 1.17 bits per heavy atom. The van der Waals surface area contributed by atoms with Gasteiger partial charge in [0.05, 0.1) is 22.0 Å². The van der Waals surface area contributed by atoms with Gasteiger partial charge >= 0.3 is 0 Å². The summed E-state index contributed by atoms with van der Waals surface area (Å²) in [6, 6.07) is 7.22. The van der Waals surface area contributed by atoms with Crippen molar-refractivity contribution in [2.75, 3.05) is 6.54 Å². The van der Waals surface area contributed by atoms with Crippen molar-refractivity contribution in [2.45, 2.75) is 32.0 Å². The van der Waals surface area contributed by atoms with Crippen LogP contribution in [0.4, 0.5) is 4.39 Å². The Morgan fingerprint density at radius 2 is 1.74 bits per heavy atom. The Balaban J connectivity index is 2.75. The molecule has 0 unspecified atom stereocenters. The van der Waals surface area contributed by atoms with Crippen LogP contribution >= 0.6 is 11.6 Å². The molecule has 0 aliphatic rings. The Hall–Kier alpha value is -1.53. The highest BCUT2D eigenvalue weighted by Crippen LogP contribution is 2.37. The predicted octanol–water partition coefficient (Wildman–Crippen LogP) is 2.93. The van der Waals surface area contributed by atoms with Gasteiger partial charge in [-0.1, -0.05) is 11.6 Å². The molecule has 2 rings (SSSR count). The molecular weight excluding hydrogens is 319 g/mol. The molecule has 0 fully saturated rings. The zero-order valence-corrected chi connectivity index (χ0v) is 14.0. The van der Waals surface area contributed by atoms with Crippen molar-refractivity contribution in [3.05, 3.63) is 52.4 Å². The SMILES string of the molecule is CC(C)(O)c1cc([C@@](C)(O)CN)nc(-c2ccc(F)cc2)c1Cl. The van der Waals surface area contributed by atoms with E-state index in [0.29, 0.717) is 22.5 Å². The van der Waals surface area contributed by atoms with E-state index >= 15 is 0 Å². The average Bonchev–Trinajstić information content (AvgIpc) is 2.47. The summed E-state index contributed by atoms with van der Waals surface area (Å²) < 4.78 is 13.1. The number of aliphatic hydroxyl groups is 2. The number of hydrogen-bond acceptors (Lipinski definition) is 4. The molecule has 1 heterocycles. The molecule has 0 bridgehead atoms. The fourth-order valence-electron chi connectivity index (χ4n) is 2.15. The van der Waals surface area contributed by atoms with Gasteiger partial charge in [0, 0.05) is 17.7 Å². The molecular formula is C17H20ClFN2O2. The first-order chi connectivity index (χ1) is 10.6.